The lowest BCUT2D eigenvalue weighted by atomic mass is 10.2. The fourth-order valence-corrected chi connectivity index (χ4v) is 1.31. The van der Waals surface area contributed by atoms with Crippen molar-refractivity contribution in [3.8, 4) is 0 Å². The molecule has 0 unspecified atom stereocenters. The maximum atomic E-state index is 5.86. The van der Waals surface area contributed by atoms with Crippen LogP contribution in [0.4, 0.5) is 0 Å². The number of hydrogen-bond acceptors (Lipinski definition) is 1. The molecule has 3 heteroatoms. The Hall–Kier alpha value is -1.02. The molecule has 0 aliphatic carbocycles. The number of rotatable bonds is 0. The van der Waals surface area contributed by atoms with Crippen molar-refractivity contribution in [3.63, 3.8) is 0 Å². The first-order valence-corrected chi connectivity index (χ1v) is 3.75. The van der Waals surface area contributed by atoms with E-state index in [0.29, 0.717) is 5.15 Å². The second kappa shape index (κ2) is 2.24. The number of hydrogen-bond donors (Lipinski definition) is 1. The van der Waals surface area contributed by atoms with Crippen LogP contribution in [0, 0.1) is 6.92 Å². The van der Waals surface area contributed by atoms with Gasteiger partial charge in [-0.15, -0.1) is 0 Å². The number of aromatic amines is 1. The van der Waals surface area contributed by atoms with Gasteiger partial charge in [-0.25, -0.2) is 4.98 Å². The second-order valence-electron chi connectivity index (χ2n) is 2.46. The number of aromatic nitrogens is 2. The molecule has 0 saturated heterocycles. The molecule has 2 rings (SSSR count). The van der Waals surface area contributed by atoms with E-state index in [1.807, 2.05) is 19.1 Å². The van der Waals surface area contributed by atoms with Crippen molar-refractivity contribution in [3.05, 3.63) is 29.0 Å². The van der Waals surface area contributed by atoms with Gasteiger partial charge < -0.3 is 4.98 Å². The monoisotopic (exact) mass is 166 g/mol. The normalized spacial score (nSPS) is 10.7. The van der Waals surface area contributed by atoms with Crippen LogP contribution >= 0.6 is 11.6 Å². The number of pyridine rings is 1. The Morgan fingerprint density at radius 1 is 1.55 bits per heavy atom. The SMILES string of the molecule is Cc1c(Cl)[nH]c2ncccc12. The fraction of sp³-hybridized carbons (Fsp3) is 0.125. The molecule has 56 valence electrons. The standard InChI is InChI=1S/C8H7ClN2/c1-5-6-3-2-4-10-8(6)11-7(5)9/h2-4H,1H3,(H,10,11). The molecular formula is C8H7ClN2. The molecule has 0 radical (unpaired) electrons. The molecule has 2 aromatic heterocycles. The molecule has 0 saturated carbocycles. The van der Waals surface area contributed by atoms with E-state index in [1.165, 1.54) is 0 Å². The summed E-state index contributed by atoms with van der Waals surface area (Å²) < 4.78 is 0. The molecule has 1 N–H and O–H groups in total. The van der Waals surface area contributed by atoms with Crippen molar-refractivity contribution in [1.29, 1.82) is 0 Å². The van der Waals surface area contributed by atoms with E-state index in [9.17, 15) is 0 Å². The largest absolute Gasteiger partial charge is 0.330 e. The van der Waals surface area contributed by atoms with Crippen LogP contribution in [0.3, 0.4) is 0 Å². The predicted octanol–water partition coefficient (Wildman–Crippen LogP) is 2.52. The highest BCUT2D eigenvalue weighted by Crippen LogP contribution is 2.22. The average molecular weight is 167 g/mol. The summed E-state index contributed by atoms with van der Waals surface area (Å²) >= 11 is 5.86. The highest BCUT2D eigenvalue weighted by atomic mass is 35.5. The van der Waals surface area contributed by atoms with Gasteiger partial charge in [-0.3, -0.25) is 0 Å². The molecule has 11 heavy (non-hydrogen) atoms. The molecule has 2 heterocycles. The maximum absolute atomic E-state index is 5.86. The zero-order valence-electron chi connectivity index (χ0n) is 6.06. The van der Waals surface area contributed by atoms with Crippen LogP contribution in [-0.4, -0.2) is 9.97 Å². The fourth-order valence-electron chi connectivity index (χ4n) is 1.12. The molecule has 0 fully saturated rings. The number of nitrogens with one attached hydrogen (secondary N) is 1. The van der Waals surface area contributed by atoms with E-state index in [4.69, 9.17) is 11.6 Å². The van der Waals surface area contributed by atoms with E-state index < -0.39 is 0 Å². The Balaban J connectivity index is 2.92. The van der Waals surface area contributed by atoms with Crippen molar-refractivity contribution in [2.75, 3.05) is 0 Å². The van der Waals surface area contributed by atoms with Crippen molar-refractivity contribution >= 4 is 22.6 Å². The van der Waals surface area contributed by atoms with Crippen LogP contribution in [0.15, 0.2) is 18.3 Å². The van der Waals surface area contributed by atoms with Crippen molar-refractivity contribution < 1.29 is 0 Å². The van der Waals surface area contributed by atoms with Crippen LogP contribution in [0.2, 0.25) is 5.15 Å². The molecule has 0 bridgehead atoms. The molecular weight excluding hydrogens is 160 g/mol. The summed E-state index contributed by atoms with van der Waals surface area (Å²) in [6.45, 7) is 1.98. The molecule has 0 spiro atoms. The first-order valence-electron chi connectivity index (χ1n) is 3.38. The third-order valence-corrected chi connectivity index (χ3v) is 2.15. The van der Waals surface area contributed by atoms with E-state index in [0.717, 1.165) is 16.6 Å². The van der Waals surface area contributed by atoms with Crippen molar-refractivity contribution in [2.45, 2.75) is 6.92 Å². The lowest BCUT2D eigenvalue weighted by Crippen LogP contribution is -1.72. The molecule has 0 aliphatic heterocycles. The molecule has 2 aromatic rings. The van der Waals surface area contributed by atoms with Gasteiger partial charge in [0.15, 0.2) is 0 Å². The van der Waals surface area contributed by atoms with Gasteiger partial charge in [0.2, 0.25) is 0 Å². The van der Waals surface area contributed by atoms with Gasteiger partial charge >= 0.3 is 0 Å². The highest BCUT2D eigenvalue weighted by molar-refractivity contribution is 6.31. The van der Waals surface area contributed by atoms with Crippen molar-refractivity contribution in [2.24, 2.45) is 0 Å². The lowest BCUT2D eigenvalue weighted by molar-refractivity contribution is 1.32. The van der Waals surface area contributed by atoms with Crippen molar-refractivity contribution in [1.82, 2.24) is 9.97 Å². The summed E-state index contributed by atoms with van der Waals surface area (Å²) in [5.41, 5.74) is 1.92. The average Bonchev–Trinajstić information content (AvgIpc) is 2.30. The Labute approximate surface area is 69.2 Å². The summed E-state index contributed by atoms with van der Waals surface area (Å²) in [4.78, 5) is 7.10. The Morgan fingerprint density at radius 3 is 3.09 bits per heavy atom. The minimum absolute atomic E-state index is 0.679. The van der Waals surface area contributed by atoms with Gasteiger partial charge in [0.05, 0.1) is 0 Å². The number of halogens is 1. The molecule has 0 atom stereocenters. The van der Waals surface area contributed by atoms with Crippen LogP contribution in [-0.2, 0) is 0 Å². The van der Waals surface area contributed by atoms with Gasteiger partial charge in [0.25, 0.3) is 0 Å². The van der Waals surface area contributed by atoms with Gasteiger partial charge in [-0.2, -0.15) is 0 Å². The second-order valence-corrected chi connectivity index (χ2v) is 2.84. The molecule has 0 amide bonds. The van der Waals surface area contributed by atoms with Gasteiger partial charge in [-0.1, -0.05) is 11.6 Å². The Kier molecular flexibility index (Phi) is 1.36. The van der Waals surface area contributed by atoms with Gasteiger partial charge in [0, 0.05) is 11.6 Å². The number of aryl methyl sites for hydroxylation is 1. The zero-order valence-corrected chi connectivity index (χ0v) is 6.81. The van der Waals surface area contributed by atoms with Gasteiger partial charge in [0.1, 0.15) is 10.8 Å². The quantitative estimate of drug-likeness (QED) is 0.640. The Bertz CT molecular complexity index is 392. The lowest BCUT2D eigenvalue weighted by Gasteiger charge is -1.86. The van der Waals surface area contributed by atoms with E-state index in [2.05, 4.69) is 9.97 Å². The van der Waals surface area contributed by atoms with Crippen LogP contribution < -0.4 is 0 Å². The van der Waals surface area contributed by atoms with E-state index in [1.54, 1.807) is 6.20 Å². The summed E-state index contributed by atoms with van der Waals surface area (Å²) in [5, 5.41) is 1.77. The predicted molar refractivity (Wildman–Crippen MR) is 45.8 cm³/mol. The zero-order chi connectivity index (χ0) is 7.84. The molecule has 0 aromatic carbocycles. The smallest absolute Gasteiger partial charge is 0.138 e. The van der Waals surface area contributed by atoms with Crippen LogP contribution in [0.25, 0.3) is 11.0 Å². The third-order valence-electron chi connectivity index (χ3n) is 1.77. The third kappa shape index (κ3) is 0.906. The Morgan fingerprint density at radius 2 is 2.36 bits per heavy atom. The van der Waals surface area contributed by atoms with E-state index in [-0.39, 0.29) is 0 Å². The summed E-state index contributed by atoms with van der Waals surface area (Å²) in [6.07, 6.45) is 1.74. The summed E-state index contributed by atoms with van der Waals surface area (Å²) in [7, 11) is 0. The summed E-state index contributed by atoms with van der Waals surface area (Å²) in [6, 6.07) is 3.90. The minimum Gasteiger partial charge on any atom is -0.330 e. The van der Waals surface area contributed by atoms with Crippen LogP contribution in [0.5, 0.6) is 0 Å². The summed E-state index contributed by atoms with van der Waals surface area (Å²) in [5.74, 6) is 0. The number of H-pyrrole nitrogens is 1. The maximum Gasteiger partial charge on any atom is 0.138 e. The topological polar surface area (TPSA) is 28.7 Å². The molecule has 2 nitrogen and oxygen atoms in total. The minimum atomic E-state index is 0.679. The molecule has 0 aliphatic rings. The van der Waals surface area contributed by atoms with Gasteiger partial charge in [-0.05, 0) is 24.6 Å². The first kappa shape index (κ1) is 6.68. The van der Waals surface area contributed by atoms with E-state index >= 15 is 0 Å². The number of fused-ring (bicyclic) bond motifs is 1. The van der Waals surface area contributed by atoms with Crippen LogP contribution in [0.1, 0.15) is 5.56 Å². The first-order chi connectivity index (χ1) is 5.29. The number of nitrogens with zero attached hydrogens (tertiary/aromatic N) is 1. The highest BCUT2D eigenvalue weighted by Gasteiger charge is 2.03.